The van der Waals surface area contributed by atoms with Crippen LogP contribution in [0, 0.1) is 5.92 Å². The number of nitrogen functional groups attached to an aromatic ring is 2. The van der Waals surface area contributed by atoms with Crippen LogP contribution in [0.5, 0.6) is 0 Å². The van der Waals surface area contributed by atoms with E-state index in [1.807, 2.05) is 0 Å². The summed E-state index contributed by atoms with van der Waals surface area (Å²) in [6.07, 6.45) is 4.94. The normalized spacial score (nSPS) is 23.1. The van der Waals surface area contributed by atoms with Crippen molar-refractivity contribution in [3.63, 3.8) is 0 Å². The van der Waals surface area contributed by atoms with E-state index in [1.165, 1.54) is 25.7 Å². The highest BCUT2D eigenvalue weighted by atomic mass is 15.2. The lowest BCUT2D eigenvalue weighted by Crippen LogP contribution is -2.44. The van der Waals surface area contributed by atoms with Crippen LogP contribution in [0.25, 0.3) is 0 Å². The molecule has 1 aromatic heterocycles. The molecule has 2 unspecified atom stereocenters. The van der Waals surface area contributed by atoms with Crippen LogP contribution in [0.2, 0.25) is 0 Å². The second kappa shape index (κ2) is 6.81. The monoisotopic (exact) mass is 279 g/mol. The maximum absolute atomic E-state index is 5.92. The van der Waals surface area contributed by atoms with E-state index in [2.05, 4.69) is 26.8 Å². The molecule has 20 heavy (non-hydrogen) atoms. The minimum Gasteiger partial charge on any atom is -0.368 e. The molecule has 7 heteroatoms. The van der Waals surface area contributed by atoms with Gasteiger partial charge < -0.3 is 17.2 Å². The molecule has 1 aliphatic rings. The van der Waals surface area contributed by atoms with Gasteiger partial charge in [0.15, 0.2) is 0 Å². The Kier molecular flexibility index (Phi) is 5.08. The lowest BCUT2D eigenvalue weighted by molar-refractivity contribution is 0.103. The first-order chi connectivity index (χ1) is 9.63. The van der Waals surface area contributed by atoms with Crippen LogP contribution in [0.15, 0.2) is 0 Å². The highest BCUT2D eigenvalue weighted by molar-refractivity contribution is 5.25. The SMILES string of the molecule is CCN(Cc1nc(N)nc(N)n1)C1CCCCC1CN. The van der Waals surface area contributed by atoms with Gasteiger partial charge in [-0.05, 0) is 31.8 Å². The molecule has 112 valence electrons. The largest absolute Gasteiger partial charge is 0.368 e. The molecule has 1 aromatic rings. The van der Waals surface area contributed by atoms with Gasteiger partial charge in [-0.3, -0.25) is 4.90 Å². The Balaban J connectivity index is 2.11. The third-order valence-corrected chi connectivity index (χ3v) is 4.11. The maximum Gasteiger partial charge on any atom is 0.225 e. The number of rotatable bonds is 5. The second-order valence-electron chi connectivity index (χ2n) is 5.38. The first-order valence-corrected chi connectivity index (χ1v) is 7.34. The van der Waals surface area contributed by atoms with Gasteiger partial charge in [0.1, 0.15) is 5.82 Å². The van der Waals surface area contributed by atoms with Gasteiger partial charge in [-0.2, -0.15) is 15.0 Å². The van der Waals surface area contributed by atoms with Crippen molar-refractivity contribution >= 4 is 11.9 Å². The summed E-state index contributed by atoms with van der Waals surface area (Å²) < 4.78 is 0. The van der Waals surface area contributed by atoms with Crippen LogP contribution in [0.4, 0.5) is 11.9 Å². The summed E-state index contributed by atoms with van der Waals surface area (Å²) in [5, 5.41) is 0. The van der Waals surface area contributed by atoms with E-state index in [9.17, 15) is 0 Å². The Morgan fingerprint density at radius 1 is 1.10 bits per heavy atom. The van der Waals surface area contributed by atoms with E-state index in [-0.39, 0.29) is 11.9 Å². The average molecular weight is 279 g/mol. The van der Waals surface area contributed by atoms with Gasteiger partial charge >= 0.3 is 0 Å². The van der Waals surface area contributed by atoms with Gasteiger partial charge in [-0.15, -0.1) is 0 Å². The Labute approximate surface area is 120 Å². The number of hydrogen-bond acceptors (Lipinski definition) is 7. The predicted octanol–water partition coefficient (Wildman–Crippen LogP) is 0.375. The zero-order valence-corrected chi connectivity index (χ0v) is 12.1. The lowest BCUT2D eigenvalue weighted by Gasteiger charge is -2.38. The van der Waals surface area contributed by atoms with Gasteiger partial charge in [0.2, 0.25) is 11.9 Å². The summed E-state index contributed by atoms with van der Waals surface area (Å²) >= 11 is 0. The smallest absolute Gasteiger partial charge is 0.225 e. The number of nitrogens with zero attached hydrogens (tertiary/aromatic N) is 4. The molecular formula is C13H25N7. The fraction of sp³-hybridized carbons (Fsp3) is 0.769. The molecule has 0 spiro atoms. The van der Waals surface area contributed by atoms with Crippen LogP contribution in [-0.4, -0.2) is 39.0 Å². The highest BCUT2D eigenvalue weighted by Gasteiger charge is 2.29. The van der Waals surface area contributed by atoms with Crippen molar-refractivity contribution in [1.82, 2.24) is 19.9 Å². The molecule has 0 bridgehead atoms. The van der Waals surface area contributed by atoms with E-state index in [1.54, 1.807) is 0 Å². The fourth-order valence-electron chi connectivity index (χ4n) is 3.12. The van der Waals surface area contributed by atoms with Crippen molar-refractivity contribution in [1.29, 1.82) is 0 Å². The van der Waals surface area contributed by atoms with E-state index >= 15 is 0 Å². The van der Waals surface area contributed by atoms with Crippen LogP contribution in [0.3, 0.4) is 0 Å². The standard InChI is InChI=1S/C13H25N7/c1-2-20(10-6-4-3-5-9(10)7-14)8-11-17-12(15)19-13(16)18-11/h9-10H,2-8,14H2,1H3,(H4,15,16,17,18,19). The van der Waals surface area contributed by atoms with Crippen molar-refractivity contribution in [2.24, 2.45) is 11.7 Å². The summed E-state index contributed by atoms with van der Waals surface area (Å²) in [5.74, 6) is 1.56. The predicted molar refractivity (Wildman–Crippen MR) is 79.5 cm³/mol. The van der Waals surface area contributed by atoms with Gasteiger partial charge in [0, 0.05) is 6.04 Å². The van der Waals surface area contributed by atoms with Gasteiger partial charge in [-0.25, -0.2) is 0 Å². The minimum atomic E-state index is 0.183. The molecular weight excluding hydrogens is 254 g/mol. The Morgan fingerprint density at radius 3 is 2.35 bits per heavy atom. The van der Waals surface area contributed by atoms with Crippen molar-refractivity contribution in [3.05, 3.63) is 5.82 Å². The molecule has 2 atom stereocenters. The first-order valence-electron chi connectivity index (χ1n) is 7.34. The van der Waals surface area contributed by atoms with Crippen molar-refractivity contribution in [3.8, 4) is 0 Å². The molecule has 1 saturated carbocycles. The molecule has 1 heterocycles. The Bertz CT molecular complexity index is 416. The zero-order valence-electron chi connectivity index (χ0n) is 12.1. The number of aromatic nitrogens is 3. The molecule has 2 rings (SSSR count). The molecule has 0 aromatic carbocycles. The van der Waals surface area contributed by atoms with Crippen LogP contribution >= 0.6 is 0 Å². The summed E-state index contributed by atoms with van der Waals surface area (Å²) in [5.41, 5.74) is 17.2. The molecule has 6 N–H and O–H groups in total. The maximum atomic E-state index is 5.92. The summed E-state index contributed by atoms with van der Waals surface area (Å²) in [6.45, 7) is 4.47. The number of anilines is 2. The summed E-state index contributed by atoms with van der Waals surface area (Å²) in [4.78, 5) is 14.5. The fourth-order valence-corrected chi connectivity index (χ4v) is 3.12. The van der Waals surface area contributed by atoms with Crippen LogP contribution < -0.4 is 17.2 Å². The van der Waals surface area contributed by atoms with Gasteiger partial charge in [0.05, 0.1) is 6.54 Å². The third-order valence-electron chi connectivity index (χ3n) is 4.11. The molecule has 0 aliphatic heterocycles. The molecule has 0 saturated heterocycles. The van der Waals surface area contributed by atoms with Crippen LogP contribution in [0.1, 0.15) is 38.4 Å². The lowest BCUT2D eigenvalue weighted by atomic mass is 9.83. The molecule has 7 nitrogen and oxygen atoms in total. The van der Waals surface area contributed by atoms with Crippen LogP contribution in [-0.2, 0) is 6.54 Å². The Morgan fingerprint density at radius 2 is 1.75 bits per heavy atom. The van der Waals surface area contributed by atoms with E-state index in [0.717, 1.165) is 13.1 Å². The third kappa shape index (κ3) is 3.55. The minimum absolute atomic E-state index is 0.183. The van der Waals surface area contributed by atoms with Crippen molar-refractivity contribution < 1.29 is 0 Å². The first kappa shape index (κ1) is 14.9. The van der Waals surface area contributed by atoms with E-state index in [0.29, 0.717) is 24.3 Å². The molecule has 0 radical (unpaired) electrons. The van der Waals surface area contributed by atoms with Gasteiger partial charge in [-0.1, -0.05) is 19.8 Å². The molecule has 0 amide bonds. The Hall–Kier alpha value is -1.47. The van der Waals surface area contributed by atoms with Gasteiger partial charge in [0.25, 0.3) is 0 Å². The van der Waals surface area contributed by atoms with E-state index < -0.39 is 0 Å². The second-order valence-corrected chi connectivity index (χ2v) is 5.38. The quantitative estimate of drug-likeness (QED) is 0.712. The van der Waals surface area contributed by atoms with E-state index in [4.69, 9.17) is 17.2 Å². The number of hydrogen-bond donors (Lipinski definition) is 3. The molecule has 1 aliphatic carbocycles. The summed E-state index contributed by atoms with van der Waals surface area (Å²) in [7, 11) is 0. The average Bonchev–Trinajstić information content (AvgIpc) is 2.43. The topological polar surface area (TPSA) is 120 Å². The van der Waals surface area contributed by atoms with Crippen molar-refractivity contribution in [2.45, 2.75) is 45.2 Å². The highest BCUT2D eigenvalue weighted by Crippen LogP contribution is 2.28. The molecule has 1 fully saturated rings. The zero-order chi connectivity index (χ0) is 14.5. The number of nitrogens with two attached hydrogens (primary N) is 3. The van der Waals surface area contributed by atoms with Crippen molar-refractivity contribution in [2.75, 3.05) is 24.6 Å². The summed E-state index contributed by atoms with van der Waals surface area (Å²) in [6, 6.07) is 0.498.